The summed E-state index contributed by atoms with van der Waals surface area (Å²) in [6, 6.07) is 5.50. The number of carbonyl (C=O) groups excluding carboxylic acids is 7. The third-order valence-electron chi connectivity index (χ3n) is 6.10. The van der Waals surface area contributed by atoms with E-state index in [2.05, 4.69) is 21.3 Å². The number of nitrogens with one attached hydrogen (secondary N) is 4. The van der Waals surface area contributed by atoms with Crippen LogP contribution in [0.2, 0.25) is 0 Å². The fourth-order valence-corrected chi connectivity index (χ4v) is 3.76. The molecule has 1 aliphatic heterocycles. The van der Waals surface area contributed by atoms with E-state index in [1.165, 1.54) is 19.1 Å². The minimum Gasteiger partial charge on any atom is -0.461 e. The highest BCUT2D eigenvalue weighted by Gasteiger charge is 2.25. The van der Waals surface area contributed by atoms with Crippen molar-refractivity contribution in [2.75, 3.05) is 25.0 Å². The van der Waals surface area contributed by atoms with Gasteiger partial charge < -0.3 is 31.7 Å². The third-order valence-corrected chi connectivity index (χ3v) is 6.10. The fourth-order valence-electron chi connectivity index (χ4n) is 3.76. The molecule has 14 heteroatoms. The first-order chi connectivity index (χ1) is 20.8. The first-order valence-electron chi connectivity index (χ1n) is 14.5. The molecule has 1 aromatic carbocycles. The van der Waals surface area contributed by atoms with Crippen LogP contribution in [0.25, 0.3) is 0 Å². The van der Waals surface area contributed by atoms with Gasteiger partial charge in [-0.25, -0.2) is 4.79 Å². The van der Waals surface area contributed by atoms with E-state index >= 15 is 0 Å². The number of rotatable bonds is 16. The Labute approximate surface area is 257 Å². The maximum atomic E-state index is 12.6. The Kier molecular flexibility index (Phi) is 17.1. The summed E-state index contributed by atoms with van der Waals surface area (Å²) in [7, 11) is 0. The van der Waals surface area contributed by atoms with E-state index in [1.807, 2.05) is 6.92 Å². The van der Waals surface area contributed by atoms with Gasteiger partial charge >= 0.3 is 12.0 Å². The number of anilines is 1. The van der Waals surface area contributed by atoms with E-state index < -0.39 is 23.9 Å². The summed E-state index contributed by atoms with van der Waals surface area (Å²) < 4.78 is 4.91. The normalized spacial score (nSPS) is 12.6. The molecule has 0 saturated carbocycles. The van der Waals surface area contributed by atoms with Crippen LogP contribution in [0.5, 0.6) is 0 Å². The number of imide groups is 1. The molecule has 2 rings (SSSR count). The summed E-state index contributed by atoms with van der Waals surface area (Å²) in [5, 5.41) is 10.4. The topological polar surface area (TPSA) is 206 Å². The van der Waals surface area contributed by atoms with Crippen molar-refractivity contribution in [2.24, 2.45) is 11.7 Å². The number of urea groups is 1. The molecule has 1 aromatic rings. The number of unbranched alkanes of at least 4 members (excludes halogenated alkanes) is 2. The number of ether oxygens (including phenoxy) is 1. The van der Waals surface area contributed by atoms with Crippen LogP contribution >= 0.6 is 0 Å². The molecule has 0 spiro atoms. The van der Waals surface area contributed by atoms with Crippen LogP contribution in [0.3, 0.4) is 0 Å². The molecule has 1 atom stereocenters. The highest BCUT2D eigenvalue weighted by Crippen LogP contribution is 2.11. The van der Waals surface area contributed by atoms with Gasteiger partial charge in [0.1, 0.15) is 12.6 Å². The first kappa shape index (κ1) is 37.3. The van der Waals surface area contributed by atoms with Crippen LogP contribution in [-0.4, -0.2) is 72.1 Å². The Balaban J connectivity index is 0.00000123. The van der Waals surface area contributed by atoms with Gasteiger partial charge in [-0.1, -0.05) is 39.3 Å². The molecule has 1 aliphatic rings. The van der Waals surface area contributed by atoms with Crippen molar-refractivity contribution in [1.29, 1.82) is 0 Å². The zero-order valence-electron chi connectivity index (χ0n) is 25.8. The highest BCUT2D eigenvalue weighted by atomic mass is 16.5. The van der Waals surface area contributed by atoms with Gasteiger partial charge in [0, 0.05) is 44.3 Å². The molecule has 14 nitrogen and oxygen atoms in total. The van der Waals surface area contributed by atoms with Gasteiger partial charge in [0.25, 0.3) is 11.8 Å². The first-order valence-corrected chi connectivity index (χ1v) is 14.5. The average Bonchev–Trinajstić information content (AvgIpc) is 3.29. The third kappa shape index (κ3) is 15.5. The van der Waals surface area contributed by atoms with Crippen molar-refractivity contribution in [3.8, 4) is 0 Å². The largest absolute Gasteiger partial charge is 0.461 e. The number of benzene rings is 1. The van der Waals surface area contributed by atoms with E-state index in [1.54, 1.807) is 38.1 Å². The van der Waals surface area contributed by atoms with Crippen molar-refractivity contribution in [3.05, 3.63) is 42.0 Å². The molecular weight excluding hydrogens is 572 g/mol. The lowest BCUT2D eigenvalue weighted by molar-refractivity contribution is -0.142. The smallest absolute Gasteiger partial charge is 0.312 e. The van der Waals surface area contributed by atoms with Gasteiger partial charge in [-0.3, -0.25) is 33.7 Å². The number of nitrogens with zero attached hydrogens (tertiary/aromatic N) is 1. The van der Waals surface area contributed by atoms with E-state index in [4.69, 9.17) is 10.5 Å². The summed E-state index contributed by atoms with van der Waals surface area (Å²) >= 11 is 0. The van der Waals surface area contributed by atoms with Gasteiger partial charge in [0.2, 0.25) is 17.7 Å². The SMILES string of the molecule is CC(=O)OCc1ccc(NC(=O)CNC(=O)C(NC(=O)CCCCCN2C(=O)C=CC2=O)C(C)C)cc1.CCCNC(N)=O. The van der Waals surface area contributed by atoms with Crippen molar-refractivity contribution in [1.82, 2.24) is 20.9 Å². The van der Waals surface area contributed by atoms with E-state index in [-0.39, 0.29) is 49.2 Å². The molecule has 0 aromatic heterocycles. The zero-order chi connectivity index (χ0) is 33.1. The number of primary amides is 1. The standard InChI is InChI=1S/C26H34N4O7.C4H10N2O/c1-17(2)25(29-21(32)7-5-4-6-14-30-23(34)12-13-24(30)35)26(36)27-15-22(33)28-20-10-8-19(9-11-20)16-37-18(3)31;1-2-3-6-4(5)7/h8-13,17,25H,4-7,14-16H2,1-3H3,(H,27,36)(H,28,33)(H,29,32);2-3H2,1H3,(H3,5,6,7). The quantitative estimate of drug-likeness (QED) is 0.104. The zero-order valence-corrected chi connectivity index (χ0v) is 25.8. The maximum Gasteiger partial charge on any atom is 0.312 e. The second-order valence-electron chi connectivity index (χ2n) is 10.3. The van der Waals surface area contributed by atoms with Gasteiger partial charge in [-0.05, 0) is 42.9 Å². The van der Waals surface area contributed by atoms with Crippen LogP contribution in [0.4, 0.5) is 10.5 Å². The fraction of sp³-hybridized carbons (Fsp3) is 0.500. The lowest BCUT2D eigenvalue weighted by Gasteiger charge is -2.21. The molecule has 1 unspecified atom stereocenters. The molecule has 0 radical (unpaired) electrons. The number of esters is 1. The summed E-state index contributed by atoms with van der Waals surface area (Å²) in [5.74, 6) is -2.41. The summed E-state index contributed by atoms with van der Waals surface area (Å²) in [6.45, 7) is 7.73. The molecule has 242 valence electrons. The molecule has 6 N–H and O–H groups in total. The monoisotopic (exact) mass is 616 g/mol. The second kappa shape index (κ2) is 20.2. The van der Waals surface area contributed by atoms with Gasteiger partial charge in [-0.15, -0.1) is 0 Å². The molecule has 0 bridgehead atoms. The lowest BCUT2D eigenvalue weighted by atomic mass is 10.0. The number of amides is 7. The summed E-state index contributed by atoms with van der Waals surface area (Å²) in [4.78, 5) is 82.2. The van der Waals surface area contributed by atoms with Gasteiger partial charge in [-0.2, -0.15) is 0 Å². The van der Waals surface area contributed by atoms with E-state index in [0.29, 0.717) is 38.0 Å². The Morgan fingerprint density at radius 1 is 0.909 bits per heavy atom. The second-order valence-corrected chi connectivity index (χ2v) is 10.3. The molecule has 0 fully saturated rings. The predicted octanol–water partition coefficient (Wildman–Crippen LogP) is 1.50. The number of hydrogen-bond acceptors (Lipinski definition) is 8. The van der Waals surface area contributed by atoms with Crippen molar-refractivity contribution in [2.45, 2.75) is 72.4 Å². The molecule has 7 amide bonds. The van der Waals surface area contributed by atoms with Gasteiger partial charge in [0.05, 0.1) is 6.54 Å². The maximum absolute atomic E-state index is 12.6. The highest BCUT2D eigenvalue weighted by molar-refractivity contribution is 6.12. The minimum absolute atomic E-state index is 0.139. The van der Waals surface area contributed by atoms with Crippen molar-refractivity contribution < 1.29 is 38.3 Å². The van der Waals surface area contributed by atoms with Crippen LogP contribution in [0.1, 0.15) is 65.4 Å². The van der Waals surface area contributed by atoms with Crippen LogP contribution in [0, 0.1) is 5.92 Å². The number of hydrogen-bond donors (Lipinski definition) is 5. The van der Waals surface area contributed by atoms with Crippen LogP contribution in [0.15, 0.2) is 36.4 Å². The van der Waals surface area contributed by atoms with Gasteiger partial charge in [0.15, 0.2) is 0 Å². The summed E-state index contributed by atoms with van der Waals surface area (Å²) in [5.41, 5.74) is 6.02. The Hall–Kier alpha value is -4.75. The summed E-state index contributed by atoms with van der Waals surface area (Å²) in [6.07, 6.45) is 5.39. The molecule has 44 heavy (non-hydrogen) atoms. The number of carbonyl (C=O) groups is 7. The minimum atomic E-state index is -0.799. The predicted molar refractivity (Wildman–Crippen MR) is 163 cm³/mol. The van der Waals surface area contributed by atoms with Crippen molar-refractivity contribution >= 4 is 47.2 Å². The van der Waals surface area contributed by atoms with E-state index in [0.717, 1.165) is 16.9 Å². The van der Waals surface area contributed by atoms with Crippen LogP contribution in [-0.2, 0) is 40.1 Å². The Morgan fingerprint density at radius 2 is 1.55 bits per heavy atom. The molecule has 1 heterocycles. The van der Waals surface area contributed by atoms with E-state index in [9.17, 15) is 33.6 Å². The van der Waals surface area contributed by atoms with Crippen molar-refractivity contribution in [3.63, 3.8) is 0 Å². The molecular formula is C30H44N6O8. The lowest BCUT2D eigenvalue weighted by Crippen LogP contribution is -2.51. The number of nitrogens with two attached hydrogens (primary N) is 1. The molecule has 0 saturated heterocycles. The molecule has 0 aliphatic carbocycles. The Morgan fingerprint density at radius 3 is 2.07 bits per heavy atom. The Bertz CT molecular complexity index is 1160. The van der Waals surface area contributed by atoms with Crippen LogP contribution < -0.4 is 27.0 Å². The average molecular weight is 617 g/mol.